The number of carbonyl (C=O) groups excluding carboxylic acids is 1. The molecule has 5 rings (SSSR count). The molecule has 0 N–H and O–H groups in total. The number of nitro benzene ring substituents is 1. The number of fused-ring (bicyclic) bond motifs is 2. The van der Waals surface area contributed by atoms with Crippen LogP contribution < -0.4 is 15.0 Å². The Balaban J connectivity index is 1.47. The van der Waals surface area contributed by atoms with Gasteiger partial charge in [-0.15, -0.1) is 0 Å². The van der Waals surface area contributed by atoms with Gasteiger partial charge in [0.2, 0.25) is 6.79 Å². The highest BCUT2D eigenvalue weighted by atomic mass is 16.7. The molecule has 0 spiro atoms. The van der Waals surface area contributed by atoms with Gasteiger partial charge >= 0.3 is 0 Å². The first-order valence-corrected chi connectivity index (χ1v) is 10.1. The van der Waals surface area contributed by atoms with Gasteiger partial charge in [-0.25, -0.2) is 4.98 Å². The zero-order chi connectivity index (χ0) is 23.3. The van der Waals surface area contributed by atoms with Crippen molar-refractivity contribution < 1.29 is 19.2 Å². The first kappa shape index (κ1) is 20.4. The minimum Gasteiger partial charge on any atom is -0.454 e. The van der Waals surface area contributed by atoms with E-state index in [1.807, 2.05) is 36.6 Å². The maximum absolute atomic E-state index is 13.1. The van der Waals surface area contributed by atoms with E-state index in [0.29, 0.717) is 17.1 Å². The molecule has 2 aromatic heterocycles. The van der Waals surface area contributed by atoms with Crippen molar-refractivity contribution in [1.82, 2.24) is 14.1 Å². The standard InChI is InChI=1S/C23H18N4O6/c1-13-7-18(14(2)26(13)15-4-6-21-22(9-15)33-12-32-21)20(28)10-25-11-24-19-8-16(27(30)31)3-5-17(19)23(25)29/h3-9,11H,10,12H2,1-2H3. The van der Waals surface area contributed by atoms with Crippen molar-refractivity contribution in [3.05, 3.63) is 86.2 Å². The smallest absolute Gasteiger partial charge is 0.271 e. The SMILES string of the molecule is Cc1cc(C(=O)Cn2cnc3cc([N+](=O)[O-])ccc3c2=O)c(C)n1-c1ccc2c(c1)OCO2. The topological polar surface area (TPSA) is 118 Å². The Kier molecular flexibility index (Phi) is 4.70. The van der Waals surface area contributed by atoms with E-state index in [9.17, 15) is 19.7 Å². The van der Waals surface area contributed by atoms with E-state index >= 15 is 0 Å². The van der Waals surface area contributed by atoms with Gasteiger partial charge in [0.15, 0.2) is 17.3 Å². The molecule has 166 valence electrons. The fourth-order valence-corrected chi connectivity index (χ4v) is 4.08. The van der Waals surface area contributed by atoms with Crippen LogP contribution in [-0.2, 0) is 6.54 Å². The summed E-state index contributed by atoms with van der Waals surface area (Å²) < 4.78 is 14.0. The predicted molar refractivity (Wildman–Crippen MR) is 118 cm³/mol. The number of nitrogens with zero attached hydrogens (tertiary/aromatic N) is 4. The molecule has 0 fully saturated rings. The zero-order valence-electron chi connectivity index (χ0n) is 17.8. The summed E-state index contributed by atoms with van der Waals surface area (Å²) >= 11 is 0. The number of aryl methyl sites for hydroxylation is 1. The van der Waals surface area contributed by atoms with Gasteiger partial charge in [-0.2, -0.15) is 0 Å². The third-order valence-corrected chi connectivity index (χ3v) is 5.68. The number of non-ortho nitro benzene ring substituents is 1. The van der Waals surface area contributed by atoms with Gasteiger partial charge in [0.1, 0.15) is 0 Å². The van der Waals surface area contributed by atoms with E-state index in [1.165, 1.54) is 29.1 Å². The van der Waals surface area contributed by atoms with Gasteiger partial charge in [0.05, 0.1) is 28.7 Å². The second-order valence-electron chi connectivity index (χ2n) is 7.72. The second kappa shape index (κ2) is 7.59. The molecule has 0 aliphatic carbocycles. The van der Waals surface area contributed by atoms with Crippen LogP contribution in [0.25, 0.3) is 16.6 Å². The number of hydrogen-bond acceptors (Lipinski definition) is 7. The van der Waals surface area contributed by atoms with Gasteiger partial charge < -0.3 is 14.0 Å². The van der Waals surface area contributed by atoms with Crippen LogP contribution in [0.15, 0.2) is 53.6 Å². The Hall–Kier alpha value is -4.47. The highest BCUT2D eigenvalue weighted by Gasteiger charge is 2.20. The van der Waals surface area contributed by atoms with E-state index in [0.717, 1.165) is 17.1 Å². The minimum atomic E-state index is -0.550. The van der Waals surface area contributed by atoms with E-state index in [1.54, 1.807) is 6.07 Å². The van der Waals surface area contributed by atoms with Crippen LogP contribution in [0.3, 0.4) is 0 Å². The lowest BCUT2D eigenvalue weighted by atomic mass is 10.1. The predicted octanol–water partition coefficient (Wildman–Crippen LogP) is 3.32. The van der Waals surface area contributed by atoms with Crippen molar-refractivity contribution in [3.8, 4) is 17.2 Å². The molecule has 3 heterocycles. The second-order valence-corrected chi connectivity index (χ2v) is 7.72. The van der Waals surface area contributed by atoms with Crippen LogP contribution in [0.5, 0.6) is 11.5 Å². The number of benzene rings is 2. The lowest BCUT2D eigenvalue weighted by Gasteiger charge is -2.11. The monoisotopic (exact) mass is 446 g/mol. The molecule has 1 aliphatic heterocycles. The first-order valence-electron chi connectivity index (χ1n) is 10.1. The van der Waals surface area contributed by atoms with Crippen molar-refractivity contribution in [2.45, 2.75) is 20.4 Å². The number of ketones is 1. The molecular formula is C23H18N4O6. The Morgan fingerprint density at radius 3 is 2.70 bits per heavy atom. The Bertz CT molecular complexity index is 1520. The highest BCUT2D eigenvalue weighted by Crippen LogP contribution is 2.35. The minimum absolute atomic E-state index is 0.154. The summed E-state index contributed by atoms with van der Waals surface area (Å²) in [5.41, 5.74) is 2.52. The molecule has 0 atom stereocenters. The summed E-state index contributed by atoms with van der Waals surface area (Å²) in [4.78, 5) is 40.5. The van der Waals surface area contributed by atoms with Crippen molar-refractivity contribution in [2.24, 2.45) is 0 Å². The van der Waals surface area contributed by atoms with Crippen LogP contribution in [0.1, 0.15) is 21.7 Å². The van der Waals surface area contributed by atoms with Gasteiger partial charge in [0.25, 0.3) is 11.2 Å². The summed E-state index contributed by atoms with van der Waals surface area (Å²) in [7, 11) is 0. The summed E-state index contributed by atoms with van der Waals surface area (Å²) in [5.74, 6) is 1.06. The molecule has 10 heteroatoms. The third-order valence-electron chi connectivity index (χ3n) is 5.68. The maximum atomic E-state index is 13.1. The molecule has 33 heavy (non-hydrogen) atoms. The molecule has 4 aromatic rings. The molecular weight excluding hydrogens is 428 g/mol. The lowest BCUT2D eigenvalue weighted by molar-refractivity contribution is -0.384. The number of hydrogen-bond donors (Lipinski definition) is 0. The van der Waals surface area contributed by atoms with Crippen LogP contribution in [0.4, 0.5) is 5.69 Å². The van der Waals surface area contributed by atoms with Crippen LogP contribution in [0.2, 0.25) is 0 Å². The fourth-order valence-electron chi connectivity index (χ4n) is 4.08. The normalized spacial score (nSPS) is 12.3. The molecule has 0 saturated heterocycles. The van der Waals surface area contributed by atoms with E-state index in [2.05, 4.69) is 4.98 Å². The molecule has 2 aromatic carbocycles. The molecule has 10 nitrogen and oxygen atoms in total. The number of ether oxygens (including phenoxy) is 2. The molecule has 0 amide bonds. The van der Waals surface area contributed by atoms with E-state index in [4.69, 9.17) is 9.47 Å². The van der Waals surface area contributed by atoms with Crippen LogP contribution in [0, 0.1) is 24.0 Å². The molecule has 0 saturated carbocycles. The average molecular weight is 446 g/mol. The van der Waals surface area contributed by atoms with Crippen molar-refractivity contribution in [2.75, 3.05) is 6.79 Å². The number of carbonyl (C=O) groups is 1. The summed E-state index contributed by atoms with van der Waals surface area (Å²) in [6.45, 7) is 3.70. The fraction of sp³-hybridized carbons (Fsp3) is 0.174. The highest BCUT2D eigenvalue weighted by molar-refractivity contribution is 5.97. The molecule has 0 bridgehead atoms. The number of nitro groups is 1. The number of Topliss-reactive ketones (excluding diaryl/α,β-unsaturated/α-hetero) is 1. The maximum Gasteiger partial charge on any atom is 0.271 e. The number of aromatic nitrogens is 3. The van der Waals surface area contributed by atoms with Gasteiger partial charge in [-0.05, 0) is 38.1 Å². The largest absolute Gasteiger partial charge is 0.454 e. The van der Waals surface area contributed by atoms with E-state index < -0.39 is 10.5 Å². The van der Waals surface area contributed by atoms with Gasteiger partial charge in [-0.1, -0.05) is 0 Å². The molecule has 0 radical (unpaired) electrons. The van der Waals surface area contributed by atoms with Crippen molar-refractivity contribution >= 4 is 22.4 Å². The average Bonchev–Trinajstić information content (AvgIpc) is 3.38. The van der Waals surface area contributed by atoms with Crippen LogP contribution >= 0.6 is 0 Å². The van der Waals surface area contributed by atoms with E-state index in [-0.39, 0.29) is 35.7 Å². The summed E-state index contributed by atoms with van der Waals surface area (Å²) in [6, 6.07) is 11.2. The third kappa shape index (κ3) is 3.41. The van der Waals surface area contributed by atoms with Crippen LogP contribution in [-0.4, -0.2) is 31.6 Å². The first-order chi connectivity index (χ1) is 15.8. The number of rotatable bonds is 5. The van der Waals surface area contributed by atoms with Gasteiger partial charge in [-0.3, -0.25) is 24.3 Å². The lowest BCUT2D eigenvalue weighted by Crippen LogP contribution is -2.25. The van der Waals surface area contributed by atoms with Gasteiger partial charge in [0, 0.05) is 40.8 Å². The molecule has 1 aliphatic rings. The Morgan fingerprint density at radius 2 is 1.91 bits per heavy atom. The zero-order valence-corrected chi connectivity index (χ0v) is 17.8. The van der Waals surface area contributed by atoms with Crippen molar-refractivity contribution in [1.29, 1.82) is 0 Å². The Labute approximate surface area is 186 Å². The van der Waals surface area contributed by atoms with Crippen molar-refractivity contribution in [3.63, 3.8) is 0 Å². The molecule has 0 unspecified atom stereocenters. The summed E-state index contributed by atoms with van der Waals surface area (Å²) in [6.07, 6.45) is 1.24. The Morgan fingerprint density at radius 1 is 1.12 bits per heavy atom. The quantitative estimate of drug-likeness (QED) is 0.262. The summed E-state index contributed by atoms with van der Waals surface area (Å²) in [5, 5.41) is 11.2.